The summed E-state index contributed by atoms with van der Waals surface area (Å²) >= 11 is 4.41. The highest BCUT2D eigenvalue weighted by Gasteiger charge is 2.25. The first-order valence-corrected chi connectivity index (χ1v) is 9.55. The van der Waals surface area contributed by atoms with E-state index in [9.17, 15) is 9.59 Å². The van der Waals surface area contributed by atoms with Crippen LogP contribution in [0.1, 0.15) is 46.0 Å². The van der Waals surface area contributed by atoms with Crippen LogP contribution in [0.3, 0.4) is 0 Å². The third kappa shape index (κ3) is 3.44. The van der Waals surface area contributed by atoms with Crippen LogP contribution in [0.15, 0.2) is 8.68 Å². The van der Waals surface area contributed by atoms with Gasteiger partial charge < -0.3 is 4.98 Å². The number of nitrogens with zero attached hydrogens (tertiary/aromatic N) is 2. The molecular weight excluding hydrogens is 338 g/mol. The lowest BCUT2D eigenvalue weighted by atomic mass is 10.0. The Hall–Kier alpha value is -1.12. The van der Waals surface area contributed by atoms with Crippen LogP contribution in [-0.2, 0) is 0 Å². The number of aryl methyl sites for hydroxylation is 1. The first-order valence-electron chi connectivity index (χ1n) is 6.63. The van der Waals surface area contributed by atoms with Crippen molar-refractivity contribution in [1.29, 1.82) is 0 Å². The number of thioether (sulfide) groups is 2. The van der Waals surface area contributed by atoms with Crippen molar-refractivity contribution in [2.75, 3.05) is 6.26 Å². The van der Waals surface area contributed by atoms with Crippen LogP contribution in [0.5, 0.6) is 0 Å². The molecule has 2 aromatic heterocycles. The van der Waals surface area contributed by atoms with Gasteiger partial charge in [0.25, 0.3) is 0 Å². The number of aromatic amines is 1. The van der Waals surface area contributed by atoms with Gasteiger partial charge in [0, 0.05) is 11.3 Å². The van der Waals surface area contributed by atoms with E-state index in [1.54, 1.807) is 0 Å². The number of nitrogens with one attached hydrogen (secondary N) is 1. The molecule has 1 atom stereocenters. The molecule has 22 heavy (non-hydrogen) atoms. The second-order valence-corrected chi connectivity index (χ2v) is 8.46. The minimum atomic E-state index is -0.292. The van der Waals surface area contributed by atoms with E-state index in [1.165, 1.54) is 41.8 Å². The van der Waals surface area contributed by atoms with Crippen LogP contribution in [-0.4, -0.2) is 38.3 Å². The zero-order chi connectivity index (χ0) is 16.4. The van der Waals surface area contributed by atoms with E-state index in [0.717, 1.165) is 19.9 Å². The standard InChI is InChI=1S/C14H17N3O2S3/c1-6-10(8(3)18)7(2)15-11(6)12(19)9(4)21-14-17-16-13(20-5)22-14/h9,15H,1-5H3. The Labute approximate surface area is 141 Å². The van der Waals surface area contributed by atoms with Gasteiger partial charge in [-0.15, -0.1) is 10.2 Å². The predicted octanol–water partition coefficient (Wildman–Crippen LogP) is 3.77. The molecule has 0 aliphatic carbocycles. The number of H-pyrrole nitrogens is 1. The molecule has 0 aliphatic heterocycles. The quantitative estimate of drug-likeness (QED) is 0.628. The van der Waals surface area contributed by atoms with E-state index in [1.807, 2.05) is 27.0 Å². The monoisotopic (exact) mass is 355 g/mol. The number of hydrogen-bond donors (Lipinski definition) is 1. The Morgan fingerprint density at radius 2 is 1.86 bits per heavy atom. The Balaban J connectivity index is 2.20. The lowest BCUT2D eigenvalue weighted by molar-refractivity contribution is 0.0988. The molecule has 118 valence electrons. The first kappa shape index (κ1) is 17.2. The van der Waals surface area contributed by atoms with Crippen LogP contribution >= 0.6 is 34.9 Å². The fraction of sp³-hybridized carbons (Fsp3) is 0.429. The van der Waals surface area contributed by atoms with E-state index in [0.29, 0.717) is 11.3 Å². The molecule has 0 fully saturated rings. The van der Waals surface area contributed by atoms with Crippen molar-refractivity contribution in [3.8, 4) is 0 Å². The Kier molecular flexibility index (Phi) is 5.46. The number of carbonyl (C=O) groups excluding carboxylic acids is 2. The molecule has 0 aliphatic rings. The van der Waals surface area contributed by atoms with Gasteiger partial charge in [0.1, 0.15) is 0 Å². The molecule has 0 saturated carbocycles. The molecule has 8 heteroatoms. The van der Waals surface area contributed by atoms with Crippen molar-refractivity contribution in [2.24, 2.45) is 0 Å². The molecular formula is C14H17N3O2S3. The molecule has 1 N–H and O–H groups in total. The van der Waals surface area contributed by atoms with E-state index < -0.39 is 0 Å². The largest absolute Gasteiger partial charge is 0.355 e. The third-order valence-corrected chi connectivity index (χ3v) is 6.33. The molecule has 5 nitrogen and oxygen atoms in total. The number of aromatic nitrogens is 3. The van der Waals surface area contributed by atoms with Crippen molar-refractivity contribution in [3.05, 3.63) is 22.5 Å². The van der Waals surface area contributed by atoms with Crippen LogP contribution in [0.25, 0.3) is 0 Å². The van der Waals surface area contributed by atoms with E-state index in [4.69, 9.17) is 0 Å². The summed E-state index contributed by atoms with van der Waals surface area (Å²) in [5.41, 5.74) is 2.59. The maximum Gasteiger partial charge on any atom is 0.192 e. The number of rotatable bonds is 6. The van der Waals surface area contributed by atoms with E-state index in [2.05, 4.69) is 15.2 Å². The van der Waals surface area contributed by atoms with Gasteiger partial charge >= 0.3 is 0 Å². The SMILES string of the molecule is CSc1nnc(SC(C)C(=O)c2[nH]c(C)c(C(C)=O)c2C)s1. The second kappa shape index (κ2) is 6.97. The second-order valence-electron chi connectivity index (χ2n) is 4.84. The van der Waals surface area contributed by atoms with Gasteiger partial charge in [0.2, 0.25) is 0 Å². The summed E-state index contributed by atoms with van der Waals surface area (Å²) < 4.78 is 1.66. The topological polar surface area (TPSA) is 75.7 Å². The lowest BCUT2D eigenvalue weighted by Gasteiger charge is -2.07. The minimum absolute atomic E-state index is 0.0284. The smallest absolute Gasteiger partial charge is 0.192 e. The van der Waals surface area contributed by atoms with Crippen molar-refractivity contribution in [2.45, 2.75) is 41.6 Å². The maximum atomic E-state index is 12.6. The highest BCUT2D eigenvalue weighted by Crippen LogP contribution is 2.32. The summed E-state index contributed by atoms with van der Waals surface area (Å²) in [6.07, 6.45) is 1.94. The highest BCUT2D eigenvalue weighted by atomic mass is 32.2. The van der Waals surface area contributed by atoms with Crippen LogP contribution in [0.2, 0.25) is 0 Å². The van der Waals surface area contributed by atoms with E-state index in [-0.39, 0.29) is 16.8 Å². The molecule has 2 rings (SSSR count). The molecule has 0 saturated heterocycles. The molecule has 0 spiro atoms. The van der Waals surface area contributed by atoms with Gasteiger partial charge in [-0.05, 0) is 39.5 Å². The van der Waals surface area contributed by atoms with Crippen molar-refractivity contribution >= 4 is 46.4 Å². The summed E-state index contributed by atoms with van der Waals surface area (Å²) in [5.74, 6) is -0.0571. The molecule has 0 radical (unpaired) electrons. The molecule has 1 unspecified atom stereocenters. The van der Waals surface area contributed by atoms with Crippen LogP contribution in [0, 0.1) is 13.8 Å². The number of Topliss-reactive ketones (excluding diaryl/α,β-unsaturated/α-hetero) is 2. The maximum absolute atomic E-state index is 12.6. The Morgan fingerprint density at radius 3 is 2.36 bits per heavy atom. The molecule has 2 heterocycles. The van der Waals surface area contributed by atoms with Gasteiger partial charge in [0.05, 0.1) is 10.9 Å². The Bertz CT molecular complexity index is 721. The number of ketones is 2. The summed E-state index contributed by atoms with van der Waals surface area (Å²) in [6, 6.07) is 0. The lowest BCUT2D eigenvalue weighted by Crippen LogP contribution is -2.15. The molecule has 0 aromatic carbocycles. The average Bonchev–Trinajstić information content (AvgIpc) is 3.02. The van der Waals surface area contributed by atoms with E-state index >= 15 is 0 Å². The number of carbonyl (C=O) groups is 2. The normalized spacial score (nSPS) is 12.4. The van der Waals surface area contributed by atoms with Gasteiger partial charge in [-0.1, -0.05) is 34.9 Å². The first-order chi connectivity index (χ1) is 10.3. The third-order valence-electron chi connectivity index (χ3n) is 3.25. The molecule has 2 aromatic rings. The van der Waals surface area contributed by atoms with Crippen molar-refractivity contribution in [3.63, 3.8) is 0 Å². The van der Waals surface area contributed by atoms with Crippen LogP contribution in [0.4, 0.5) is 0 Å². The summed E-state index contributed by atoms with van der Waals surface area (Å²) in [7, 11) is 0. The summed E-state index contributed by atoms with van der Waals surface area (Å²) in [5, 5.41) is 7.80. The predicted molar refractivity (Wildman–Crippen MR) is 91.6 cm³/mol. The average molecular weight is 356 g/mol. The van der Waals surface area contributed by atoms with Gasteiger partial charge in [-0.25, -0.2) is 0 Å². The fourth-order valence-electron chi connectivity index (χ4n) is 2.26. The Morgan fingerprint density at radius 1 is 1.23 bits per heavy atom. The summed E-state index contributed by atoms with van der Waals surface area (Å²) in [4.78, 5) is 27.3. The van der Waals surface area contributed by atoms with Crippen LogP contribution < -0.4 is 0 Å². The van der Waals surface area contributed by atoms with Gasteiger partial charge in [-0.2, -0.15) is 0 Å². The molecule has 0 bridgehead atoms. The fourth-order valence-corrected chi connectivity index (χ4v) is 4.90. The minimum Gasteiger partial charge on any atom is -0.355 e. The zero-order valence-electron chi connectivity index (χ0n) is 13.0. The zero-order valence-corrected chi connectivity index (χ0v) is 15.5. The molecule has 0 amide bonds. The van der Waals surface area contributed by atoms with Gasteiger partial charge in [-0.3, -0.25) is 9.59 Å². The van der Waals surface area contributed by atoms with Crippen molar-refractivity contribution in [1.82, 2.24) is 15.2 Å². The van der Waals surface area contributed by atoms with Gasteiger partial charge in [0.15, 0.2) is 20.2 Å². The summed E-state index contributed by atoms with van der Waals surface area (Å²) in [6.45, 7) is 6.98. The number of hydrogen-bond acceptors (Lipinski definition) is 7. The van der Waals surface area contributed by atoms with Crippen molar-refractivity contribution < 1.29 is 9.59 Å². The highest BCUT2D eigenvalue weighted by molar-refractivity contribution is 8.03.